The SMILES string of the molecule is CCCC(C)(O)CNC(=O)/C=C/c1c(C)nn(C)c1Cl. The molecule has 1 aromatic rings. The van der Waals surface area contributed by atoms with Crippen LogP contribution < -0.4 is 5.32 Å². The summed E-state index contributed by atoms with van der Waals surface area (Å²) in [4.78, 5) is 11.7. The Morgan fingerprint density at radius 3 is 2.75 bits per heavy atom. The van der Waals surface area contributed by atoms with Crippen LogP contribution in [0.1, 0.15) is 37.9 Å². The lowest BCUT2D eigenvalue weighted by Crippen LogP contribution is -2.39. The number of amides is 1. The smallest absolute Gasteiger partial charge is 0.244 e. The lowest BCUT2D eigenvalue weighted by molar-refractivity contribution is -0.117. The van der Waals surface area contributed by atoms with Crippen molar-refractivity contribution in [1.82, 2.24) is 15.1 Å². The summed E-state index contributed by atoms with van der Waals surface area (Å²) in [7, 11) is 1.74. The Balaban J connectivity index is 2.60. The van der Waals surface area contributed by atoms with E-state index >= 15 is 0 Å². The quantitative estimate of drug-likeness (QED) is 0.790. The molecule has 2 N–H and O–H groups in total. The zero-order chi connectivity index (χ0) is 15.3. The number of rotatable bonds is 6. The fourth-order valence-electron chi connectivity index (χ4n) is 1.96. The van der Waals surface area contributed by atoms with Gasteiger partial charge in [-0.15, -0.1) is 0 Å². The van der Waals surface area contributed by atoms with Crippen molar-refractivity contribution in [2.45, 2.75) is 39.2 Å². The summed E-state index contributed by atoms with van der Waals surface area (Å²) in [5.41, 5.74) is 0.615. The molecule has 1 amide bonds. The van der Waals surface area contributed by atoms with Gasteiger partial charge in [0.25, 0.3) is 0 Å². The van der Waals surface area contributed by atoms with Crippen LogP contribution in [0.2, 0.25) is 5.15 Å². The molecule has 0 radical (unpaired) electrons. The van der Waals surface area contributed by atoms with E-state index in [0.717, 1.165) is 17.7 Å². The van der Waals surface area contributed by atoms with Gasteiger partial charge in [0.2, 0.25) is 5.91 Å². The van der Waals surface area contributed by atoms with E-state index in [1.165, 1.54) is 6.08 Å². The molecular formula is C14H22ClN3O2. The van der Waals surface area contributed by atoms with Gasteiger partial charge in [-0.05, 0) is 26.3 Å². The van der Waals surface area contributed by atoms with Gasteiger partial charge in [0.1, 0.15) is 5.15 Å². The Morgan fingerprint density at radius 1 is 1.60 bits per heavy atom. The summed E-state index contributed by atoms with van der Waals surface area (Å²) >= 11 is 6.07. The Morgan fingerprint density at radius 2 is 2.25 bits per heavy atom. The maximum absolute atomic E-state index is 11.7. The van der Waals surface area contributed by atoms with Crippen LogP contribution >= 0.6 is 11.6 Å². The zero-order valence-corrected chi connectivity index (χ0v) is 13.2. The van der Waals surface area contributed by atoms with Crippen LogP contribution in [0, 0.1) is 6.92 Å². The lowest BCUT2D eigenvalue weighted by atomic mass is 10.0. The van der Waals surface area contributed by atoms with Crippen LogP contribution in [0.15, 0.2) is 6.08 Å². The van der Waals surface area contributed by atoms with Gasteiger partial charge in [-0.3, -0.25) is 9.48 Å². The highest BCUT2D eigenvalue weighted by molar-refractivity contribution is 6.31. The number of aromatic nitrogens is 2. The van der Waals surface area contributed by atoms with Gasteiger partial charge in [0, 0.05) is 25.2 Å². The molecule has 0 aliphatic rings. The third-order valence-corrected chi connectivity index (χ3v) is 3.48. The molecule has 0 aromatic carbocycles. The normalized spacial score (nSPS) is 14.5. The second kappa shape index (κ2) is 6.90. The second-order valence-electron chi connectivity index (χ2n) is 5.21. The van der Waals surface area contributed by atoms with Crippen molar-refractivity contribution in [3.63, 3.8) is 0 Å². The van der Waals surface area contributed by atoms with E-state index in [4.69, 9.17) is 11.6 Å². The highest BCUT2D eigenvalue weighted by Crippen LogP contribution is 2.19. The highest BCUT2D eigenvalue weighted by Gasteiger charge is 2.19. The number of nitrogens with one attached hydrogen (secondary N) is 1. The van der Waals surface area contributed by atoms with E-state index in [9.17, 15) is 9.90 Å². The monoisotopic (exact) mass is 299 g/mol. The van der Waals surface area contributed by atoms with Gasteiger partial charge < -0.3 is 10.4 Å². The molecule has 0 saturated heterocycles. The maximum Gasteiger partial charge on any atom is 0.244 e. The standard InChI is InChI=1S/C14H22ClN3O2/c1-5-8-14(3,20)9-16-12(19)7-6-11-10(2)17-18(4)13(11)15/h6-7,20H,5,8-9H2,1-4H3,(H,16,19)/b7-6+. The number of carbonyl (C=O) groups is 1. The summed E-state index contributed by atoms with van der Waals surface area (Å²) in [5, 5.41) is 17.3. The lowest BCUT2D eigenvalue weighted by Gasteiger charge is -2.22. The molecule has 1 atom stereocenters. The second-order valence-corrected chi connectivity index (χ2v) is 5.57. The van der Waals surface area contributed by atoms with Crippen molar-refractivity contribution in [3.05, 3.63) is 22.5 Å². The first kappa shape index (κ1) is 16.7. The first-order valence-corrected chi connectivity index (χ1v) is 7.02. The molecule has 20 heavy (non-hydrogen) atoms. The average molecular weight is 300 g/mol. The molecule has 1 heterocycles. The van der Waals surface area contributed by atoms with Gasteiger partial charge >= 0.3 is 0 Å². The van der Waals surface area contributed by atoms with E-state index in [1.54, 1.807) is 24.7 Å². The van der Waals surface area contributed by atoms with Crippen molar-refractivity contribution in [2.75, 3.05) is 6.54 Å². The van der Waals surface area contributed by atoms with Crippen LogP contribution in [0.3, 0.4) is 0 Å². The van der Waals surface area contributed by atoms with Crippen molar-refractivity contribution in [3.8, 4) is 0 Å². The van der Waals surface area contributed by atoms with E-state index in [1.807, 2.05) is 13.8 Å². The zero-order valence-electron chi connectivity index (χ0n) is 12.4. The Hall–Kier alpha value is -1.33. The minimum Gasteiger partial charge on any atom is -0.388 e. The van der Waals surface area contributed by atoms with E-state index < -0.39 is 5.60 Å². The van der Waals surface area contributed by atoms with Crippen LogP contribution in [-0.4, -0.2) is 32.9 Å². The molecule has 0 bridgehead atoms. The average Bonchev–Trinajstić information content (AvgIpc) is 2.59. The summed E-state index contributed by atoms with van der Waals surface area (Å²) in [5.74, 6) is -0.263. The molecule has 0 spiro atoms. The van der Waals surface area contributed by atoms with Crippen LogP contribution in [0.25, 0.3) is 6.08 Å². The van der Waals surface area contributed by atoms with Crippen molar-refractivity contribution in [2.24, 2.45) is 7.05 Å². The summed E-state index contributed by atoms with van der Waals surface area (Å²) in [6.07, 6.45) is 4.54. The number of nitrogens with zero attached hydrogens (tertiary/aromatic N) is 2. The molecule has 0 saturated carbocycles. The van der Waals surface area contributed by atoms with Gasteiger partial charge in [0.15, 0.2) is 0 Å². The van der Waals surface area contributed by atoms with E-state index in [-0.39, 0.29) is 12.5 Å². The third kappa shape index (κ3) is 4.65. The van der Waals surface area contributed by atoms with Crippen LogP contribution in [0.4, 0.5) is 0 Å². The number of aryl methyl sites for hydroxylation is 2. The first-order valence-electron chi connectivity index (χ1n) is 6.64. The molecule has 0 aliphatic carbocycles. The number of hydrogen-bond acceptors (Lipinski definition) is 3. The number of hydrogen-bond donors (Lipinski definition) is 2. The minimum atomic E-state index is -0.875. The summed E-state index contributed by atoms with van der Waals surface area (Å²) in [6.45, 7) is 5.76. The molecular weight excluding hydrogens is 278 g/mol. The Labute approximate surface area is 124 Å². The van der Waals surface area contributed by atoms with Gasteiger partial charge in [-0.25, -0.2) is 0 Å². The Kier molecular flexibility index (Phi) is 5.77. The van der Waals surface area contributed by atoms with Crippen LogP contribution in [0.5, 0.6) is 0 Å². The van der Waals surface area contributed by atoms with Gasteiger partial charge in [-0.2, -0.15) is 5.10 Å². The van der Waals surface area contributed by atoms with Gasteiger partial charge in [0.05, 0.1) is 11.3 Å². The Bertz CT molecular complexity index is 507. The summed E-state index contributed by atoms with van der Waals surface area (Å²) < 4.78 is 1.56. The molecule has 1 rings (SSSR count). The van der Waals surface area contributed by atoms with Gasteiger partial charge in [-0.1, -0.05) is 24.9 Å². The number of halogens is 1. The van der Waals surface area contributed by atoms with E-state index in [0.29, 0.717) is 11.6 Å². The van der Waals surface area contributed by atoms with Crippen molar-refractivity contribution in [1.29, 1.82) is 0 Å². The van der Waals surface area contributed by atoms with Crippen LogP contribution in [-0.2, 0) is 11.8 Å². The van der Waals surface area contributed by atoms with Crippen molar-refractivity contribution >= 4 is 23.6 Å². The minimum absolute atomic E-state index is 0.226. The predicted molar refractivity (Wildman–Crippen MR) is 80.5 cm³/mol. The maximum atomic E-state index is 11.7. The largest absolute Gasteiger partial charge is 0.388 e. The van der Waals surface area contributed by atoms with E-state index in [2.05, 4.69) is 10.4 Å². The molecule has 5 nitrogen and oxygen atoms in total. The fourth-order valence-corrected chi connectivity index (χ4v) is 2.20. The fraction of sp³-hybridized carbons (Fsp3) is 0.571. The molecule has 0 fully saturated rings. The molecule has 6 heteroatoms. The first-order chi connectivity index (χ1) is 9.26. The summed E-state index contributed by atoms with van der Waals surface area (Å²) in [6, 6.07) is 0. The molecule has 1 unspecified atom stereocenters. The topological polar surface area (TPSA) is 67.2 Å². The molecule has 0 aliphatic heterocycles. The number of aliphatic hydroxyl groups is 1. The number of carbonyl (C=O) groups excluding carboxylic acids is 1. The third-order valence-electron chi connectivity index (χ3n) is 3.03. The molecule has 1 aromatic heterocycles. The van der Waals surface area contributed by atoms with Crippen molar-refractivity contribution < 1.29 is 9.90 Å². The molecule has 112 valence electrons. The highest BCUT2D eigenvalue weighted by atomic mass is 35.5. The predicted octanol–water partition coefficient (Wildman–Crippen LogP) is 2.06.